The van der Waals surface area contributed by atoms with Crippen molar-refractivity contribution >= 4 is 5.91 Å². The second-order valence-corrected chi connectivity index (χ2v) is 2.04. The van der Waals surface area contributed by atoms with Crippen LogP contribution >= 0.6 is 0 Å². The summed E-state index contributed by atoms with van der Waals surface area (Å²) in [4.78, 5) is 10.4. The SMILES string of the molecule is CCC/C=C(/C)C(N)=O. The highest BCUT2D eigenvalue weighted by molar-refractivity contribution is 5.91. The molecule has 0 unspecified atom stereocenters. The molecule has 0 bridgehead atoms. The van der Waals surface area contributed by atoms with Crippen LogP contribution in [-0.4, -0.2) is 5.91 Å². The van der Waals surface area contributed by atoms with E-state index in [-0.39, 0.29) is 5.91 Å². The van der Waals surface area contributed by atoms with Gasteiger partial charge < -0.3 is 5.73 Å². The van der Waals surface area contributed by atoms with Gasteiger partial charge in [0.2, 0.25) is 5.91 Å². The van der Waals surface area contributed by atoms with Gasteiger partial charge in [-0.25, -0.2) is 0 Å². The van der Waals surface area contributed by atoms with Gasteiger partial charge >= 0.3 is 0 Å². The third-order valence-corrected chi connectivity index (χ3v) is 1.13. The van der Waals surface area contributed by atoms with Gasteiger partial charge in [0.05, 0.1) is 0 Å². The van der Waals surface area contributed by atoms with Crippen molar-refractivity contribution < 1.29 is 4.79 Å². The van der Waals surface area contributed by atoms with Gasteiger partial charge in [-0.05, 0) is 13.3 Å². The van der Waals surface area contributed by atoms with Crippen LogP contribution in [0.3, 0.4) is 0 Å². The van der Waals surface area contributed by atoms with Crippen LogP contribution in [0.4, 0.5) is 0 Å². The van der Waals surface area contributed by atoms with Gasteiger partial charge in [0.25, 0.3) is 0 Å². The van der Waals surface area contributed by atoms with E-state index < -0.39 is 0 Å². The molecule has 0 fully saturated rings. The van der Waals surface area contributed by atoms with E-state index in [4.69, 9.17) is 5.73 Å². The largest absolute Gasteiger partial charge is 0.366 e. The molecule has 0 radical (unpaired) electrons. The zero-order valence-electron chi connectivity index (χ0n) is 5.98. The van der Waals surface area contributed by atoms with Crippen LogP contribution in [0.1, 0.15) is 26.7 Å². The number of hydrogen-bond acceptors (Lipinski definition) is 1. The van der Waals surface area contributed by atoms with E-state index >= 15 is 0 Å². The van der Waals surface area contributed by atoms with Crippen LogP contribution < -0.4 is 5.73 Å². The standard InChI is InChI=1S/C7H13NO/c1-3-4-5-6(2)7(8)9/h5H,3-4H2,1-2H3,(H2,8,9)/b6-5-. The molecule has 2 heteroatoms. The normalized spacial score (nSPS) is 11.6. The Hall–Kier alpha value is -0.790. The number of carbonyl (C=O) groups is 1. The van der Waals surface area contributed by atoms with Gasteiger partial charge in [0.1, 0.15) is 0 Å². The first kappa shape index (κ1) is 8.21. The number of nitrogens with two attached hydrogens (primary N) is 1. The van der Waals surface area contributed by atoms with Crippen LogP contribution in [0, 0.1) is 0 Å². The molecule has 0 spiro atoms. The fourth-order valence-corrected chi connectivity index (χ4v) is 0.461. The summed E-state index contributed by atoms with van der Waals surface area (Å²) in [6.45, 7) is 3.79. The average molecular weight is 127 g/mol. The highest BCUT2D eigenvalue weighted by Gasteiger charge is 1.93. The van der Waals surface area contributed by atoms with E-state index in [1.165, 1.54) is 0 Å². The van der Waals surface area contributed by atoms with Crippen LogP contribution in [-0.2, 0) is 4.79 Å². The molecule has 2 nitrogen and oxygen atoms in total. The molecule has 9 heavy (non-hydrogen) atoms. The Balaban J connectivity index is 3.69. The van der Waals surface area contributed by atoms with Crippen molar-refractivity contribution in [2.75, 3.05) is 0 Å². The van der Waals surface area contributed by atoms with Crippen molar-refractivity contribution in [1.29, 1.82) is 0 Å². The highest BCUT2D eigenvalue weighted by atomic mass is 16.1. The summed E-state index contributed by atoms with van der Waals surface area (Å²) in [5, 5.41) is 0. The van der Waals surface area contributed by atoms with E-state index in [1.54, 1.807) is 6.92 Å². The Labute approximate surface area is 55.7 Å². The minimum absolute atomic E-state index is 0.316. The van der Waals surface area contributed by atoms with Crippen molar-refractivity contribution in [3.63, 3.8) is 0 Å². The van der Waals surface area contributed by atoms with E-state index in [2.05, 4.69) is 6.92 Å². The van der Waals surface area contributed by atoms with Crippen LogP contribution in [0.25, 0.3) is 0 Å². The van der Waals surface area contributed by atoms with Gasteiger partial charge in [-0.15, -0.1) is 0 Å². The van der Waals surface area contributed by atoms with Crippen molar-refractivity contribution in [1.82, 2.24) is 0 Å². The molecule has 0 saturated carbocycles. The van der Waals surface area contributed by atoms with E-state index in [0.29, 0.717) is 5.57 Å². The summed E-state index contributed by atoms with van der Waals surface area (Å²) in [6, 6.07) is 0. The van der Waals surface area contributed by atoms with Gasteiger partial charge in [-0.3, -0.25) is 4.79 Å². The zero-order valence-corrected chi connectivity index (χ0v) is 5.98. The van der Waals surface area contributed by atoms with Crippen LogP contribution in [0.15, 0.2) is 11.6 Å². The smallest absolute Gasteiger partial charge is 0.244 e. The van der Waals surface area contributed by atoms with Gasteiger partial charge in [-0.1, -0.05) is 19.4 Å². The van der Waals surface area contributed by atoms with Crippen LogP contribution in [0.5, 0.6) is 0 Å². The molecular weight excluding hydrogens is 114 g/mol. The number of amides is 1. The van der Waals surface area contributed by atoms with Crippen molar-refractivity contribution in [2.45, 2.75) is 26.7 Å². The minimum Gasteiger partial charge on any atom is -0.366 e. The number of primary amides is 1. The predicted molar refractivity (Wildman–Crippen MR) is 37.9 cm³/mol. The molecule has 0 saturated heterocycles. The predicted octanol–water partition coefficient (Wildman–Crippen LogP) is 1.22. The molecule has 0 rings (SSSR count). The number of unbranched alkanes of at least 4 members (excludes halogenated alkanes) is 1. The summed E-state index contributed by atoms with van der Waals surface area (Å²) < 4.78 is 0. The monoisotopic (exact) mass is 127 g/mol. The molecule has 2 N–H and O–H groups in total. The first-order chi connectivity index (χ1) is 4.18. The molecule has 1 amide bonds. The summed E-state index contributed by atoms with van der Waals surface area (Å²) >= 11 is 0. The second kappa shape index (κ2) is 4.13. The third kappa shape index (κ3) is 3.76. The fourth-order valence-electron chi connectivity index (χ4n) is 0.461. The molecule has 0 atom stereocenters. The van der Waals surface area contributed by atoms with Crippen molar-refractivity contribution in [2.24, 2.45) is 5.73 Å². The summed E-state index contributed by atoms with van der Waals surface area (Å²) in [5.41, 5.74) is 5.63. The Morgan fingerprint density at radius 3 is 2.56 bits per heavy atom. The molecule has 0 aliphatic carbocycles. The maximum atomic E-state index is 10.4. The molecule has 0 aromatic rings. The van der Waals surface area contributed by atoms with E-state index in [0.717, 1.165) is 12.8 Å². The van der Waals surface area contributed by atoms with Gasteiger partial charge in [0, 0.05) is 5.57 Å². The van der Waals surface area contributed by atoms with Gasteiger partial charge in [0.15, 0.2) is 0 Å². The van der Waals surface area contributed by atoms with E-state index in [1.807, 2.05) is 6.08 Å². The van der Waals surface area contributed by atoms with E-state index in [9.17, 15) is 4.79 Å². The second-order valence-electron chi connectivity index (χ2n) is 2.04. The molecule has 0 heterocycles. The molecule has 0 aliphatic heterocycles. The highest BCUT2D eigenvalue weighted by Crippen LogP contribution is 1.95. The number of carbonyl (C=O) groups excluding carboxylic acids is 1. The Morgan fingerprint density at radius 2 is 2.22 bits per heavy atom. The Morgan fingerprint density at radius 1 is 1.67 bits per heavy atom. The lowest BCUT2D eigenvalue weighted by Crippen LogP contribution is -2.11. The summed E-state index contributed by atoms with van der Waals surface area (Å²) in [5.74, 6) is -0.316. The first-order valence-electron chi connectivity index (χ1n) is 3.15. The number of rotatable bonds is 3. The molecule has 0 aromatic carbocycles. The number of hydrogen-bond donors (Lipinski definition) is 1. The lowest BCUT2D eigenvalue weighted by atomic mass is 10.2. The minimum atomic E-state index is -0.316. The quantitative estimate of drug-likeness (QED) is 0.569. The van der Waals surface area contributed by atoms with Gasteiger partial charge in [-0.2, -0.15) is 0 Å². The number of allylic oxidation sites excluding steroid dienone is 1. The van der Waals surface area contributed by atoms with Crippen molar-refractivity contribution in [3.05, 3.63) is 11.6 Å². The molecule has 52 valence electrons. The maximum absolute atomic E-state index is 10.4. The topological polar surface area (TPSA) is 43.1 Å². The van der Waals surface area contributed by atoms with Crippen molar-refractivity contribution in [3.8, 4) is 0 Å². The maximum Gasteiger partial charge on any atom is 0.244 e. The summed E-state index contributed by atoms with van der Waals surface area (Å²) in [7, 11) is 0. The lowest BCUT2D eigenvalue weighted by Gasteiger charge is -1.90. The first-order valence-corrected chi connectivity index (χ1v) is 3.15. The fraction of sp³-hybridized carbons (Fsp3) is 0.571. The molecule has 0 aromatic heterocycles. The third-order valence-electron chi connectivity index (χ3n) is 1.13. The Kier molecular flexibility index (Phi) is 3.76. The van der Waals surface area contributed by atoms with Crippen LogP contribution in [0.2, 0.25) is 0 Å². The Bertz CT molecular complexity index is 127. The lowest BCUT2D eigenvalue weighted by molar-refractivity contribution is -0.114. The molecular formula is C7H13NO. The molecule has 0 aliphatic rings. The zero-order chi connectivity index (χ0) is 7.28. The average Bonchev–Trinajstić information content (AvgIpc) is 1.82. The summed E-state index contributed by atoms with van der Waals surface area (Å²) in [6.07, 6.45) is 3.86.